The lowest BCUT2D eigenvalue weighted by atomic mass is 10.0. The first kappa shape index (κ1) is 15.6. The third-order valence-corrected chi connectivity index (χ3v) is 4.31. The second kappa shape index (κ2) is 5.70. The van der Waals surface area contributed by atoms with E-state index in [1.165, 1.54) is 6.33 Å². The van der Waals surface area contributed by atoms with Crippen LogP contribution in [0.3, 0.4) is 0 Å². The summed E-state index contributed by atoms with van der Waals surface area (Å²) in [6.07, 6.45) is 1.44. The third kappa shape index (κ3) is 2.49. The number of methoxy groups -OCH3 is 1. The maximum atomic E-state index is 6.26. The molecule has 23 heavy (non-hydrogen) atoms. The van der Waals surface area contributed by atoms with Gasteiger partial charge in [-0.05, 0) is 32.4 Å². The number of anilines is 1. The van der Waals surface area contributed by atoms with E-state index in [1.54, 1.807) is 11.8 Å². The van der Waals surface area contributed by atoms with Gasteiger partial charge in [0.05, 0.1) is 24.2 Å². The molecule has 2 heterocycles. The van der Waals surface area contributed by atoms with Gasteiger partial charge in [0.15, 0.2) is 5.65 Å². The molecule has 0 aliphatic rings. The molecule has 2 aromatic heterocycles. The normalized spacial score (nSPS) is 12.6. The van der Waals surface area contributed by atoms with E-state index in [0.29, 0.717) is 22.2 Å². The molecule has 0 fully saturated rings. The van der Waals surface area contributed by atoms with Gasteiger partial charge in [-0.25, -0.2) is 14.6 Å². The largest absolute Gasteiger partial charge is 0.496 e. The fraction of sp³-hybridized carbons (Fsp3) is 0.312. The topological polar surface area (TPSA) is 78.9 Å². The lowest BCUT2D eigenvalue weighted by Crippen LogP contribution is -2.11. The Morgan fingerprint density at radius 3 is 2.78 bits per heavy atom. The van der Waals surface area contributed by atoms with Gasteiger partial charge in [0.2, 0.25) is 0 Å². The summed E-state index contributed by atoms with van der Waals surface area (Å²) in [4.78, 5) is 8.36. The lowest BCUT2D eigenvalue weighted by Gasteiger charge is -2.18. The standard InChI is InChI=1S/C16H17ClN5O/c1-8-5-13(23-4)11(6-12(8)17)10(3)22-16-14(9(2)21-22)15(18)19-7-20-16/h6-7,10H,1-4H3,(H2,18,19,20). The number of aryl methyl sites for hydroxylation is 2. The Morgan fingerprint density at radius 1 is 1.35 bits per heavy atom. The summed E-state index contributed by atoms with van der Waals surface area (Å²) in [6, 6.07) is 4.89. The number of aromatic nitrogens is 4. The molecule has 6 nitrogen and oxygen atoms in total. The van der Waals surface area contributed by atoms with E-state index in [0.717, 1.165) is 22.2 Å². The van der Waals surface area contributed by atoms with Crippen LogP contribution in [0.25, 0.3) is 11.0 Å². The smallest absolute Gasteiger partial charge is 0.164 e. The van der Waals surface area contributed by atoms with Crippen molar-refractivity contribution < 1.29 is 4.74 Å². The molecule has 2 N–H and O–H groups in total. The predicted molar refractivity (Wildman–Crippen MR) is 89.9 cm³/mol. The van der Waals surface area contributed by atoms with Crippen LogP contribution in [0.4, 0.5) is 5.82 Å². The number of nitrogens with zero attached hydrogens (tertiary/aromatic N) is 4. The number of hydrogen-bond acceptors (Lipinski definition) is 5. The van der Waals surface area contributed by atoms with Crippen LogP contribution < -0.4 is 10.5 Å². The van der Waals surface area contributed by atoms with E-state index in [9.17, 15) is 0 Å². The Hall–Kier alpha value is -2.34. The van der Waals surface area contributed by atoms with Gasteiger partial charge in [-0.15, -0.1) is 0 Å². The first-order valence-electron chi connectivity index (χ1n) is 7.15. The molecule has 0 saturated carbocycles. The van der Waals surface area contributed by atoms with E-state index in [4.69, 9.17) is 22.1 Å². The molecule has 1 atom stereocenters. The molecule has 3 rings (SSSR count). The molecule has 7 heteroatoms. The SMILES string of the molecule is COc1[c]c(C)c(Cl)cc1C(C)n1nc(C)c2c(N)ncnc21. The van der Waals surface area contributed by atoms with E-state index in [1.807, 2.05) is 26.8 Å². The average Bonchev–Trinajstić information content (AvgIpc) is 2.87. The van der Waals surface area contributed by atoms with Gasteiger partial charge in [0, 0.05) is 16.7 Å². The Labute approximate surface area is 139 Å². The van der Waals surface area contributed by atoms with Crippen LogP contribution in [0, 0.1) is 19.9 Å². The first-order valence-corrected chi connectivity index (χ1v) is 7.53. The minimum atomic E-state index is -0.148. The van der Waals surface area contributed by atoms with Crippen molar-refractivity contribution in [1.29, 1.82) is 0 Å². The Kier molecular flexibility index (Phi) is 3.85. The van der Waals surface area contributed by atoms with Crippen LogP contribution in [0.1, 0.15) is 29.8 Å². The maximum absolute atomic E-state index is 6.26. The van der Waals surface area contributed by atoms with Crippen molar-refractivity contribution in [1.82, 2.24) is 19.7 Å². The quantitative estimate of drug-likeness (QED) is 0.798. The van der Waals surface area contributed by atoms with Crippen LogP contribution in [-0.4, -0.2) is 26.9 Å². The number of nitrogens with two attached hydrogens (primary N) is 1. The van der Waals surface area contributed by atoms with E-state index in [-0.39, 0.29) is 6.04 Å². The Balaban J connectivity index is 2.20. The average molecular weight is 331 g/mol. The first-order chi connectivity index (χ1) is 10.9. The second-order valence-electron chi connectivity index (χ2n) is 5.39. The summed E-state index contributed by atoms with van der Waals surface area (Å²) >= 11 is 6.26. The molecule has 0 aliphatic heterocycles. The highest BCUT2D eigenvalue weighted by Gasteiger charge is 2.21. The third-order valence-electron chi connectivity index (χ3n) is 3.92. The van der Waals surface area contributed by atoms with E-state index < -0.39 is 0 Å². The van der Waals surface area contributed by atoms with Gasteiger partial charge >= 0.3 is 0 Å². The van der Waals surface area contributed by atoms with Gasteiger partial charge in [0.1, 0.15) is 17.9 Å². The Morgan fingerprint density at radius 2 is 2.09 bits per heavy atom. The van der Waals surface area contributed by atoms with Crippen LogP contribution in [0.2, 0.25) is 5.02 Å². The number of fused-ring (bicyclic) bond motifs is 1. The molecule has 1 aromatic carbocycles. The number of halogens is 1. The molecule has 0 aliphatic carbocycles. The van der Waals surface area contributed by atoms with E-state index >= 15 is 0 Å². The second-order valence-corrected chi connectivity index (χ2v) is 5.80. The van der Waals surface area contributed by atoms with Crippen LogP contribution in [-0.2, 0) is 0 Å². The zero-order valence-electron chi connectivity index (χ0n) is 13.4. The molecular weight excluding hydrogens is 314 g/mol. The van der Waals surface area contributed by atoms with Crippen molar-refractivity contribution in [3.63, 3.8) is 0 Å². The molecule has 0 spiro atoms. The minimum absolute atomic E-state index is 0.148. The summed E-state index contributed by atoms with van der Waals surface area (Å²) < 4.78 is 7.26. The number of ether oxygens (including phenoxy) is 1. The lowest BCUT2D eigenvalue weighted by molar-refractivity contribution is 0.400. The molecule has 0 saturated heterocycles. The number of nitrogen functional groups attached to an aromatic ring is 1. The minimum Gasteiger partial charge on any atom is -0.496 e. The molecule has 1 radical (unpaired) electrons. The fourth-order valence-corrected chi connectivity index (χ4v) is 2.83. The number of hydrogen-bond donors (Lipinski definition) is 1. The zero-order chi connectivity index (χ0) is 16.7. The van der Waals surface area contributed by atoms with Gasteiger partial charge in [-0.3, -0.25) is 0 Å². The van der Waals surface area contributed by atoms with Gasteiger partial charge < -0.3 is 10.5 Å². The van der Waals surface area contributed by atoms with Crippen LogP contribution in [0.15, 0.2) is 12.4 Å². The van der Waals surface area contributed by atoms with Crippen molar-refractivity contribution in [2.24, 2.45) is 0 Å². The molecule has 0 bridgehead atoms. The molecule has 1 unspecified atom stereocenters. The zero-order valence-corrected chi connectivity index (χ0v) is 14.1. The van der Waals surface area contributed by atoms with Gasteiger partial charge in [-0.1, -0.05) is 11.6 Å². The van der Waals surface area contributed by atoms with Crippen molar-refractivity contribution >= 4 is 28.5 Å². The summed E-state index contributed by atoms with van der Waals surface area (Å²) in [5.41, 5.74) is 9.14. The van der Waals surface area contributed by atoms with Crippen LogP contribution in [0.5, 0.6) is 5.75 Å². The van der Waals surface area contributed by atoms with Gasteiger partial charge in [0.25, 0.3) is 0 Å². The van der Waals surface area contributed by atoms with Crippen LogP contribution >= 0.6 is 11.6 Å². The van der Waals surface area contributed by atoms with Crippen molar-refractivity contribution in [2.45, 2.75) is 26.8 Å². The molecule has 0 amide bonds. The maximum Gasteiger partial charge on any atom is 0.164 e. The summed E-state index contributed by atoms with van der Waals surface area (Å²) in [6.45, 7) is 5.78. The van der Waals surface area contributed by atoms with Crippen molar-refractivity contribution in [3.05, 3.63) is 40.3 Å². The highest BCUT2D eigenvalue weighted by Crippen LogP contribution is 2.34. The molecular formula is C16H17ClN5O. The summed E-state index contributed by atoms with van der Waals surface area (Å²) in [7, 11) is 1.61. The fourth-order valence-electron chi connectivity index (χ4n) is 2.66. The van der Waals surface area contributed by atoms with E-state index in [2.05, 4.69) is 21.1 Å². The number of benzene rings is 1. The summed E-state index contributed by atoms with van der Waals surface area (Å²) in [5.74, 6) is 1.06. The molecule has 119 valence electrons. The summed E-state index contributed by atoms with van der Waals surface area (Å²) in [5, 5.41) is 5.97. The monoisotopic (exact) mass is 330 g/mol. The highest BCUT2D eigenvalue weighted by molar-refractivity contribution is 6.31. The van der Waals surface area contributed by atoms with Gasteiger partial charge in [-0.2, -0.15) is 5.10 Å². The van der Waals surface area contributed by atoms with Crippen molar-refractivity contribution in [3.8, 4) is 5.75 Å². The number of rotatable bonds is 3. The van der Waals surface area contributed by atoms with Crippen molar-refractivity contribution in [2.75, 3.05) is 12.8 Å². The molecule has 3 aromatic rings. The Bertz CT molecular complexity index is 890. The highest BCUT2D eigenvalue weighted by atomic mass is 35.5. The predicted octanol–water partition coefficient (Wildman–Crippen LogP) is 3.10.